The minimum absolute atomic E-state index is 0.0763. The van der Waals surface area contributed by atoms with Crippen LogP contribution in [0.1, 0.15) is 45.7 Å². The molecular formula is C26H26N4O6. The van der Waals surface area contributed by atoms with Crippen molar-refractivity contribution in [2.75, 3.05) is 13.2 Å². The molecule has 3 aromatic rings. The zero-order chi connectivity index (χ0) is 25.9. The Kier molecular flexibility index (Phi) is 8.99. The van der Waals surface area contributed by atoms with Crippen LogP contribution in [0.3, 0.4) is 0 Å². The summed E-state index contributed by atoms with van der Waals surface area (Å²) in [7, 11) is 0. The number of nitrogens with zero attached hydrogens (tertiary/aromatic N) is 2. The van der Waals surface area contributed by atoms with Crippen LogP contribution in [-0.4, -0.2) is 47.7 Å². The lowest BCUT2D eigenvalue weighted by atomic mass is 10.1. The Bertz CT molecular complexity index is 1170. The normalized spacial score (nSPS) is 10.9. The molecule has 0 aliphatic heterocycles. The van der Waals surface area contributed by atoms with Gasteiger partial charge in [0.25, 0.3) is 11.8 Å². The topological polar surface area (TPSA) is 142 Å². The van der Waals surface area contributed by atoms with Crippen LogP contribution in [0.2, 0.25) is 0 Å². The summed E-state index contributed by atoms with van der Waals surface area (Å²) in [6.45, 7) is 4.41. The van der Waals surface area contributed by atoms with Crippen molar-refractivity contribution in [2.24, 2.45) is 10.2 Å². The highest BCUT2D eigenvalue weighted by atomic mass is 16.5. The maximum atomic E-state index is 12.3. The Hall–Kier alpha value is -4.86. The predicted octanol–water partition coefficient (Wildman–Crippen LogP) is 3.42. The van der Waals surface area contributed by atoms with Crippen LogP contribution in [0, 0.1) is 0 Å². The van der Waals surface area contributed by atoms with E-state index >= 15 is 0 Å². The van der Waals surface area contributed by atoms with Gasteiger partial charge in [-0.3, -0.25) is 9.59 Å². The molecule has 0 heterocycles. The number of benzene rings is 3. The molecule has 0 aromatic heterocycles. The van der Waals surface area contributed by atoms with E-state index in [1.54, 1.807) is 50.2 Å². The molecule has 0 fully saturated rings. The van der Waals surface area contributed by atoms with E-state index in [0.29, 0.717) is 35.8 Å². The van der Waals surface area contributed by atoms with Gasteiger partial charge < -0.3 is 19.7 Å². The zero-order valence-electron chi connectivity index (χ0n) is 19.8. The molecule has 4 N–H and O–H groups in total. The molecule has 0 atom stereocenters. The van der Waals surface area contributed by atoms with E-state index < -0.39 is 11.8 Å². The third-order valence-electron chi connectivity index (χ3n) is 4.81. The molecule has 0 saturated carbocycles. The first-order valence-corrected chi connectivity index (χ1v) is 11.1. The molecule has 0 bridgehead atoms. The number of rotatable bonds is 10. The number of nitrogens with one attached hydrogen (secondary N) is 2. The van der Waals surface area contributed by atoms with Crippen LogP contribution in [0.5, 0.6) is 23.0 Å². The highest BCUT2D eigenvalue weighted by Crippen LogP contribution is 2.29. The zero-order valence-corrected chi connectivity index (χ0v) is 19.8. The van der Waals surface area contributed by atoms with Crippen molar-refractivity contribution in [1.29, 1.82) is 0 Å². The lowest BCUT2D eigenvalue weighted by molar-refractivity contribution is 0.0943. The van der Waals surface area contributed by atoms with E-state index in [4.69, 9.17) is 9.47 Å². The molecule has 3 aromatic carbocycles. The van der Waals surface area contributed by atoms with Gasteiger partial charge in [-0.15, -0.1) is 0 Å². The molecule has 0 unspecified atom stereocenters. The quantitative estimate of drug-likeness (QED) is 0.253. The maximum absolute atomic E-state index is 12.3. The van der Waals surface area contributed by atoms with Crippen molar-refractivity contribution in [3.8, 4) is 23.0 Å². The Labute approximate surface area is 207 Å². The second-order valence-corrected chi connectivity index (χ2v) is 7.23. The Morgan fingerprint density at radius 1 is 0.722 bits per heavy atom. The summed E-state index contributed by atoms with van der Waals surface area (Å²) >= 11 is 0. The van der Waals surface area contributed by atoms with Gasteiger partial charge >= 0.3 is 0 Å². The van der Waals surface area contributed by atoms with E-state index in [9.17, 15) is 19.8 Å². The molecule has 0 radical (unpaired) electrons. The highest BCUT2D eigenvalue weighted by Gasteiger charge is 2.10. The van der Waals surface area contributed by atoms with Crippen LogP contribution in [0.4, 0.5) is 0 Å². The van der Waals surface area contributed by atoms with E-state index in [1.807, 2.05) is 0 Å². The number of phenolic OH excluding ortho intramolecular Hbond substituents is 2. The van der Waals surface area contributed by atoms with Crippen LogP contribution in [0.15, 0.2) is 70.9 Å². The van der Waals surface area contributed by atoms with Gasteiger partial charge in [-0.1, -0.05) is 12.1 Å². The van der Waals surface area contributed by atoms with Crippen molar-refractivity contribution < 1.29 is 29.3 Å². The van der Waals surface area contributed by atoms with Crippen LogP contribution in [0.25, 0.3) is 0 Å². The van der Waals surface area contributed by atoms with E-state index in [0.717, 1.165) is 0 Å². The number of phenols is 2. The molecule has 0 aliphatic carbocycles. The Morgan fingerprint density at radius 3 is 1.47 bits per heavy atom. The van der Waals surface area contributed by atoms with Crippen molar-refractivity contribution in [3.63, 3.8) is 0 Å². The molecule has 0 spiro atoms. The van der Waals surface area contributed by atoms with Crippen LogP contribution < -0.4 is 20.3 Å². The summed E-state index contributed by atoms with van der Waals surface area (Å²) in [5, 5.41) is 28.1. The van der Waals surface area contributed by atoms with Gasteiger partial charge in [0.2, 0.25) is 0 Å². The monoisotopic (exact) mass is 490 g/mol. The van der Waals surface area contributed by atoms with E-state index in [2.05, 4.69) is 21.1 Å². The molecule has 10 nitrogen and oxygen atoms in total. The summed E-state index contributed by atoms with van der Waals surface area (Å²) in [6, 6.07) is 15.8. The molecule has 0 saturated heterocycles. The molecule has 186 valence electrons. The molecule has 2 amide bonds. The first-order valence-electron chi connectivity index (χ1n) is 11.1. The number of carbonyl (C=O) groups is 2. The van der Waals surface area contributed by atoms with Gasteiger partial charge in [0.05, 0.1) is 25.6 Å². The second kappa shape index (κ2) is 12.6. The molecule has 3 rings (SSSR count). The number of para-hydroxylation sites is 2. The number of hydrogen-bond donors (Lipinski definition) is 4. The minimum Gasteiger partial charge on any atom is -0.504 e. The first kappa shape index (κ1) is 25.8. The van der Waals surface area contributed by atoms with Gasteiger partial charge in [-0.25, -0.2) is 10.9 Å². The third-order valence-corrected chi connectivity index (χ3v) is 4.81. The molecular weight excluding hydrogens is 464 g/mol. The number of hydrazone groups is 2. The summed E-state index contributed by atoms with van der Waals surface area (Å²) in [5.41, 5.74) is 6.05. The standard InChI is InChI=1S/C26H26N4O6/c1-3-35-21-9-5-7-19(23(21)31)15-27-29-25(33)17-11-13-18(14-12-17)26(34)30-28-16-20-8-6-10-22(24(20)32)36-4-2/h5-16,31-32H,3-4H2,1-2H3,(H,29,33)(H,30,34). The van der Waals surface area contributed by atoms with Crippen molar-refractivity contribution >= 4 is 24.2 Å². The fraction of sp³-hybridized carbons (Fsp3) is 0.154. The van der Waals surface area contributed by atoms with Gasteiger partial charge in [0.15, 0.2) is 23.0 Å². The summed E-state index contributed by atoms with van der Waals surface area (Å²) in [5.74, 6) is -0.508. The van der Waals surface area contributed by atoms with E-state index in [1.165, 1.54) is 36.7 Å². The fourth-order valence-electron chi connectivity index (χ4n) is 3.05. The Balaban J connectivity index is 1.57. The number of aromatic hydroxyl groups is 2. The third kappa shape index (κ3) is 6.60. The predicted molar refractivity (Wildman–Crippen MR) is 135 cm³/mol. The fourth-order valence-corrected chi connectivity index (χ4v) is 3.05. The van der Waals surface area contributed by atoms with Gasteiger partial charge in [0.1, 0.15) is 0 Å². The number of amides is 2. The molecule has 0 aliphatic rings. The minimum atomic E-state index is -0.499. The number of ether oxygens (including phenoxy) is 2. The summed E-state index contributed by atoms with van der Waals surface area (Å²) in [4.78, 5) is 24.7. The average molecular weight is 491 g/mol. The summed E-state index contributed by atoms with van der Waals surface area (Å²) < 4.78 is 10.6. The summed E-state index contributed by atoms with van der Waals surface area (Å²) in [6.07, 6.45) is 2.61. The van der Waals surface area contributed by atoms with Crippen LogP contribution in [-0.2, 0) is 0 Å². The number of hydrogen-bond acceptors (Lipinski definition) is 8. The van der Waals surface area contributed by atoms with Gasteiger partial charge in [0, 0.05) is 22.3 Å². The van der Waals surface area contributed by atoms with Gasteiger partial charge in [-0.05, 0) is 62.4 Å². The number of carbonyl (C=O) groups excluding carboxylic acids is 2. The lowest BCUT2D eigenvalue weighted by Crippen LogP contribution is -2.19. The average Bonchev–Trinajstić information content (AvgIpc) is 2.88. The first-order chi connectivity index (χ1) is 17.4. The SMILES string of the molecule is CCOc1cccc(C=NNC(=O)c2ccc(C(=O)NN=Cc3cccc(OCC)c3O)cc2)c1O. The van der Waals surface area contributed by atoms with Gasteiger partial charge in [-0.2, -0.15) is 10.2 Å². The van der Waals surface area contributed by atoms with Crippen molar-refractivity contribution in [1.82, 2.24) is 10.9 Å². The lowest BCUT2D eigenvalue weighted by Gasteiger charge is -2.07. The molecule has 36 heavy (non-hydrogen) atoms. The van der Waals surface area contributed by atoms with Crippen molar-refractivity contribution in [3.05, 3.63) is 82.9 Å². The highest BCUT2D eigenvalue weighted by molar-refractivity contribution is 5.98. The Morgan fingerprint density at radius 2 is 1.11 bits per heavy atom. The smallest absolute Gasteiger partial charge is 0.271 e. The van der Waals surface area contributed by atoms with Crippen LogP contribution >= 0.6 is 0 Å². The largest absolute Gasteiger partial charge is 0.504 e. The molecule has 10 heteroatoms. The van der Waals surface area contributed by atoms with Crippen molar-refractivity contribution in [2.45, 2.75) is 13.8 Å². The van der Waals surface area contributed by atoms with E-state index in [-0.39, 0.29) is 22.6 Å². The maximum Gasteiger partial charge on any atom is 0.271 e. The second-order valence-electron chi connectivity index (χ2n) is 7.23.